The SMILES string of the molecule is CO[C@H]1/C=C/C[C@H](C)C[S@@](=O)(CC(=O)N2CC(Oc3ccncc3)C2)=NC(=O)c2ccc3c(c2)N(C[C@@H]2CC[C@H]21)C[C@@]1(CCCc2cc(Cl)ccc21)CO3. The summed E-state index contributed by atoms with van der Waals surface area (Å²) < 4.78 is 37.9. The Kier molecular flexibility index (Phi) is 10.5. The molecule has 0 radical (unpaired) electrons. The average molecular weight is 773 g/mol. The zero-order chi connectivity index (χ0) is 37.5. The first kappa shape index (κ1) is 37.0. The zero-order valence-corrected chi connectivity index (χ0v) is 32.6. The van der Waals surface area contributed by atoms with Crippen LogP contribution in [0.5, 0.6) is 11.5 Å². The molecular formula is C42H49ClN4O6S. The minimum absolute atomic E-state index is 0.0460. The molecule has 0 N–H and O–H groups in total. The lowest BCUT2D eigenvalue weighted by atomic mass is 9.68. The highest BCUT2D eigenvalue weighted by molar-refractivity contribution is 7.94. The van der Waals surface area contributed by atoms with Gasteiger partial charge >= 0.3 is 0 Å². The summed E-state index contributed by atoms with van der Waals surface area (Å²) in [5.74, 6) is 0.984. The Morgan fingerprint density at radius 3 is 2.70 bits per heavy atom. The Labute approximate surface area is 323 Å². The predicted molar refractivity (Wildman–Crippen MR) is 210 cm³/mol. The molecule has 10 nitrogen and oxygen atoms in total. The summed E-state index contributed by atoms with van der Waals surface area (Å²) in [5, 5.41) is 0.744. The number of halogens is 1. The largest absolute Gasteiger partial charge is 0.490 e. The van der Waals surface area contributed by atoms with E-state index in [1.165, 1.54) is 11.1 Å². The van der Waals surface area contributed by atoms with Gasteiger partial charge in [-0.3, -0.25) is 14.6 Å². The highest BCUT2D eigenvalue weighted by Gasteiger charge is 2.44. The van der Waals surface area contributed by atoms with Crippen molar-refractivity contribution in [1.29, 1.82) is 0 Å². The van der Waals surface area contributed by atoms with Crippen LogP contribution in [0.25, 0.3) is 0 Å². The number of amides is 2. The smallest absolute Gasteiger partial charge is 0.285 e. The molecule has 5 aliphatic rings. The molecule has 54 heavy (non-hydrogen) atoms. The molecule has 3 aromatic rings. The number of nitrogens with zero attached hydrogens (tertiary/aromatic N) is 4. The Hall–Kier alpha value is -3.93. The number of benzene rings is 2. The third-order valence-corrected chi connectivity index (χ3v) is 14.6. The molecule has 3 aliphatic heterocycles. The summed E-state index contributed by atoms with van der Waals surface area (Å²) in [4.78, 5) is 35.7. The average Bonchev–Trinajstić information content (AvgIpc) is 3.27. The van der Waals surface area contributed by atoms with Crippen LogP contribution in [-0.4, -0.2) is 89.5 Å². The van der Waals surface area contributed by atoms with E-state index >= 15 is 0 Å². The third-order valence-electron chi connectivity index (χ3n) is 12.1. The fourth-order valence-corrected chi connectivity index (χ4v) is 11.5. The van der Waals surface area contributed by atoms with Gasteiger partial charge in [0.1, 0.15) is 23.4 Å². The number of rotatable bonds is 5. The van der Waals surface area contributed by atoms with Crippen LogP contribution in [-0.2, 0) is 31.1 Å². The van der Waals surface area contributed by atoms with Crippen molar-refractivity contribution in [2.75, 3.05) is 56.3 Å². The summed E-state index contributed by atoms with van der Waals surface area (Å²) in [7, 11) is -1.50. The lowest BCUT2D eigenvalue weighted by molar-refractivity contribution is -0.137. The van der Waals surface area contributed by atoms with E-state index in [1.54, 1.807) is 42.6 Å². The number of anilines is 1. The minimum Gasteiger partial charge on any atom is -0.490 e. The van der Waals surface area contributed by atoms with Crippen molar-refractivity contribution in [3.8, 4) is 11.5 Å². The number of hydrogen-bond donors (Lipinski definition) is 0. The van der Waals surface area contributed by atoms with Crippen LogP contribution in [0, 0.1) is 17.8 Å². The molecule has 2 aliphatic carbocycles. The van der Waals surface area contributed by atoms with Crippen LogP contribution >= 0.6 is 11.6 Å². The van der Waals surface area contributed by atoms with Crippen LogP contribution in [0.2, 0.25) is 5.02 Å². The Morgan fingerprint density at radius 2 is 1.93 bits per heavy atom. The van der Waals surface area contributed by atoms with Crippen molar-refractivity contribution in [3.05, 3.63) is 94.8 Å². The summed E-state index contributed by atoms with van der Waals surface area (Å²) in [6.45, 7) is 4.78. The number of ether oxygens (including phenoxy) is 3. The first-order chi connectivity index (χ1) is 26.1. The second kappa shape index (κ2) is 15.3. The molecule has 4 heterocycles. The number of likely N-dealkylation sites (tertiary alicyclic amines) is 1. The van der Waals surface area contributed by atoms with E-state index < -0.39 is 15.6 Å². The molecule has 1 spiro atoms. The lowest BCUT2D eigenvalue weighted by Crippen LogP contribution is -2.57. The van der Waals surface area contributed by atoms with Gasteiger partial charge in [0.15, 0.2) is 0 Å². The van der Waals surface area contributed by atoms with Crippen molar-refractivity contribution < 1.29 is 28.0 Å². The maximum Gasteiger partial charge on any atom is 0.285 e. The van der Waals surface area contributed by atoms with Gasteiger partial charge in [-0.05, 0) is 110 Å². The van der Waals surface area contributed by atoms with E-state index in [4.69, 9.17) is 25.8 Å². The molecule has 1 aromatic heterocycles. The molecule has 2 bridgehead atoms. The lowest BCUT2D eigenvalue weighted by Gasteiger charge is -2.46. The summed E-state index contributed by atoms with van der Waals surface area (Å²) in [6, 6.07) is 15.2. The Balaban J connectivity index is 1.11. The second-order valence-electron chi connectivity index (χ2n) is 16.0. The molecule has 8 rings (SSSR count). The molecule has 1 saturated carbocycles. The first-order valence-electron chi connectivity index (χ1n) is 19.2. The van der Waals surface area contributed by atoms with Crippen LogP contribution < -0.4 is 14.4 Å². The number of fused-ring (bicyclic) bond motifs is 4. The van der Waals surface area contributed by atoms with E-state index in [0.717, 1.165) is 61.7 Å². The highest BCUT2D eigenvalue weighted by atomic mass is 35.5. The molecule has 2 aromatic carbocycles. The van der Waals surface area contributed by atoms with Gasteiger partial charge in [0.25, 0.3) is 5.91 Å². The monoisotopic (exact) mass is 772 g/mol. The minimum atomic E-state index is -3.28. The fraction of sp³-hybridized carbons (Fsp3) is 0.500. The van der Waals surface area contributed by atoms with Crippen LogP contribution in [0.15, 0.2) is 77.4 Å². The van der Waals surface area contributed by atoms with Crippen molar-refractivity contribution in [1.82, 2.24) is 9.88 Å². The number of aryl methyl sites for hydroxylation is 1. The van der Waals surface area contributed by atoms with E-state index in [0.29, 0.717) is 49.3 Å². The molecule has 6 atom stereocenters. The Bertz CT molecular complexity index is 2050. The van der Waals surface area contributed by atoms with Crippen molar-refractivity contribution in [2.45, 2.75) is 63.1 Å². The quantitative estimate of drug-likeness (QED) is 0.263. The molecule has 12 heteroatoms. The predicted octanol–water partition coefficient (Wildman–Crippen LogP) is 6.74. The summed E-state index contributed by atoms with van der Waals surface area (Å²) >= 11 is 6.47. The maximum absolute atomic E-state index is 14.7. The summed E-state index contributed by atoms with van der Waals surface area (Å²) in [6.07, 6.45) is 13.2. The topological polar surface area (TPSA) is 111 Å². The molecular weight excluding hydrogens is 724 g/mol. The number of carbonyl (C=O) groups is 2. The van der Waals surface area contributed by atoms with Gasteiger partial charge in [-0.2, -0.15) is 4.36 Å². The van der Waals surface area contributed by atoms with E-state index in [1.807, 2.05) is 25.1 Å². The second-order valence-corrected chi connectivity index (χ2v) is 18.7. The number of carbonyl (C=O) groups excluding carboxylic acids is 2. The first-order valence-corrected chi connectivity index (χ1v) is 21.4. The molecule has 0 unspecified atom stereocenters. The van der Waals surface area contributed by atoms with E-state index in [-0.39, 0.29) is 41.0 Å². The van der Waals surface area contributed by atoms with Crippen LogP contribution in [0.1, 0.15) is 60.5 Å². The van der Waals surface area contributed by atoms with Crippen molar-refractivity contribution in [2.24, 2.45) is 22.1 Å². The Morgan fingerprint density at radius 1 is 1.09 bits per heavy atom. The number of aromatic nitrogens is 1. The fourth-order valence-electron chi connectivity index (χ4n) is 9.08. The molecule has 2 amide bonds. The van der Waals surface area contributed by atoms with Gasteiger partial charge in [0.05, 0.1) is 41.2 Å². The van der Waals surface area contributed by atoms with Crippen LogP contribution in [0.3, 0.4) is 0 Å². The number of hydrogen-bond acceptors (Lipinski definition) is 8. The van der Waals surface area contributed by atoms with Crippen LogP contribution in [0.4, 0.5) is 5.69 Å². The normalized spacial score (nSPS) is 30.4. The van der Waals surface area contributed by atoms with Gasteiger partial charge in [0, 0.05) is 54.3 Å². The van der Waals surface area contributed by atoms with Crippen molar-refractivity contribution >= 4 is 38.8 Å². The van der Waals surface area contributed by atoms with Crippen molar-refractivity contribution in [3.63, 3.8) is 0 Å². The van der Waals surface area contributed by atoms with Gasteiger partial charge in [-0.1, -0.05) is 36.7 Å². The third kappa shape index (κ3) is 7.64. The van der Waals surface area contributed by atoms with Gasteiger partial charge in [0.2, 0.25) is 5.91 Å². The van der Waals surface area contributed by atoms with Gasteiger partial charge < -0.3 is 24.0 Å². The summed E-state index contributed by atoms with van der Waals surface area (Å²) in [5.41, 5.74) is 3.48. The number of allylic oxidation sites excluding steroid dienone is 1. The van der Waals surface area contributed by atoms with E-state index in [2.05, 4.69) is 38.5 Å². The molecule has 2 fully saturated rings. The zero-order valence-electron chi connectivity index (χ0n) is 31.0. The molecule has 286 valence electrons. The van der Waals surface area contributed by atoms with E-state index in [9.17, 15) is 13.8 Å². The number of pyridine rings is 1. The van der Waals surface area contributed by atoms with Gasteiger partial charge in [-0.15, -0.1) is 0 Å². The number of methoxy groups -OCH3 is 1. The molecule has 1 saturated heterocycles. The standard InChI is InChI=1S/C42H49ClN4O6S/c1-28-5-3-7-38(51-2)35-11-8-31(35)21-47-26-42(16-4-6-29-19-32(43)10-12-36(29)42)27-52-39-13-9-30(20-37(39)47)41(49)45-54(50,24-28)25-40(48)46-22-34(23-46)53-33-14-17-44-18-15-33/h3,7,9-10,12-15,17-20,28,31,34-35,38H,4-6,8,11,16,21-27H2,1-2H3/b7-3+/t28-,31-,35+,38-,42-,54+/m0/s1. The highest BCUT2D eigenvalue weighted by Crippen LogP contribution is 2.47. The maximum atomic E-state index is 14.7. The van der Waals surface area contributed by atoms with Gasteiger partial charge in [-0.25, -0.2) is 4.21 Å².